The summed E-state index contributed by atoms with van der Waals surface area (Å²) < 4.78 is 64.6. The molecule has 1 saturated heterocycles. The summed E-state index contributed by atoms with van der Waals surface area (Å²) in [5.41, 5.74) is -0.656. The SMILES string of the molecule is O=c1c2cnn(C3CCS(=O)(=O)C3)c2ncn1Cc1cccc(C(F)(F)F)c1. The van der Waals surface area contributed by atoms with Crippen LogP contribution >= 0.6 is 0 Å². The van der Waals surface area contributed by atoms with Crippen molar-refractivity contribution in [3.63, 3.8) is 0 Å². The van der Waals surface area contributed by atoms with Crippen molar-refractivity contribution in [3.8, 4) is 0 Å². The molecule has 3 aromatic rings. The van der Waals surface area contributed by atoms with E-state index in [0.717, 1.165) is 12.1 Å². The molecule has 11 heteroatoms. The molecular weight excluding hydrogens is 397 g/mol. The fourth-order valence-corrected chi connectivity index (χ4v) is 5.05. The number of benzene rings is 1. The highest BCUT2D eigenvalue weighted by atomic mass is 32.2. The smallest absolute Gasteiger partial charge is 0.294 e. The van der Waals surface area contributed by atoms with Gasteiger partial charge in [0, 0.05) is 0 Å². The van der Waals surface area contributed by atoms with Crippen LogP contribution in [-0.2, 0) is 22.6 Å². The normalized spacial score (nSPS) is 19.3. The highest BCUT2D eigenvalue weighted by Crippen LogP contribution is 2.29. The maximum absolute atomic E-state index is 12.9. The van der Waals surface area contributed by atoms with E-state index in [1.807, 2.05) is 0 Å². The number of hydrogen-bond acceptors (Lipinski definition) is 5. The highest BCUT2D eigenvalue weighted by Gasteiger charge is 2.32. The van der Waals surface area contributed by atoms with E-state index >= 15 is 0 Å². The zero-order valence-corrected chi connectivity index (χ0v) is 15.2. The maximum Gasteiger partial charge on any atom is 0.416 e. The summed E-state index contributed by atoms with van der Waals surface area (Å²) in [6.45, 7) is -0.0747. The van der Waals surface area contributed by atoms with E-state index in [1.165, 1.54) is 33.9 Å². The topological polar surface area (TPSA) is 86.8 Å². The van der Waals surface area contributed by atoms with E-state index in [9.17, 15) is 26.4 Å². The Balaban J connectivity index is 1.67. The lowest BCUT2D eigenvalue weighted by Gasteiger charge is -2.11. The van der Waals surface area contributed by atoms with Crippen molar-refractivity contribution < 1.29 is 21.6 Å². The van der Waals surface area contributed by atoms with Crippen molar-refractivity contribution in [1.82, 2.24) is 19.3 Å². The van der Waals surface area contributed by atoms with Gasteiger partial charge in [0.25, 0.3) is 5.56 Å². The largest absolute Gasteiger partial charge is 0.416 e. The molecule has 0 N–H and O–H groups in total. The van der Waals surface area contributed by atoms with Crippen LogP contribution in [0.2, 0.25) is 0 Å². The van der Waals surface area contributed by atoms with Crippen LogP contribution in [0.5, 0.6) is 0 Å². The lowest BCUT2D eigenvalue weighted by atomic mass is 10.1. The lowest BCUT2D eigenvalue weighted by Crippen LogP contribution is -2.22. The van der Waals surface area contributed by atoms with E-state index in [1.54, 1.807) is 0 Å². The van der Waals surface area contributed by atoms with Gasteiger partial charge in [-0.1, -0.05) is 12.1 Å². The zero-order valence-electron chi connectivity index (χ0n) is 14.4. The van der Waals surface area contributed by atoms with Gasteiger partial charge in [-0.3, -0.25) is 9.36 Å². The number of nitrogens with zero attached hydrogens (tertiary/aromatic N) is 4. The molecule has 3 heterocycles. The molecule has 1 atom stereocenters. The molecule has 0 amide bonds. The Labute approximate surface area is 157 Å². The molecule has 0 saturated carbocycles. The second-order valence-corrected chi connectivity index (χ2v) is 8.99. The summed E-state index contributed by atoms with van der Waals surface area (Å²) in [7, 11) is -3.13. The molecule has 0 bridgehead atoms. The fraction of sp³-hybridized carbons (Fsp3) is 0.353. The van der Waals surface area contributed by atoms with Crippen LogP contribution in [0.25, 0.3) is 11.0 Å². The maximum atomic E-state index is 12.9. The highest BCUT2D eigenvalue weighted by molar-refractivity contribution is 7.91. The van der Waals surface area contributed by atoms with Crippen molar-refractivity contribution in [1.29, 1.82) is 0 Å². The Morgan fingerprint density at radius 2 is 2.04 bits per heavy atom. The number of halogens is 3. The van der Waals surface area contributed by atoms with Gasteiger partial charge in [-0.2, -0.15) is 18.3 Å². The summed E-state index contributed by atoms with van der Waals surface area (Å²) in [5, 5.41) is 4.32. The first-order valence-corrected chi connectivity index (χ1v) is 10.3. The minimum atomic E-state index is -4.47. The average molecular weight is 412 g/mol. The van der Waals surface area contributed by atoms with Gasteiger partial charge in [-0.15, -0.1) is 0 Å². The molecule has 0 aliphatic carbocycles. The first kappa shape index (κ1) is 18.7. The average Bonchev–Trinajstić information content (AvgIpc) is 3.20. The van der Waals surface area contributed by atoms with Crippen LogP contribution < -0.4 is 5.56 Å². The molecule has 7 nitrogen and oxygen atoms in total. The van der Waals surface area contributed by atoms with Gasteiger partial charge in [0.15, 0.2) is 15.5 Å². The Morgan fingerprint density at radius 1 is 1.25 bits per heavy atom. The molecular formula is C17H15F3N4O3S. The number of aromatic nitrogens is 4. The van der Waals surface area contributed by atoms with Crippen LogP contribution in [0.15, 0.2) is 41.6 Å². The van der Waals surface area contributed by atoms with Crippen molar-refractivity contribution >= 4 is 20.9 Å². The summed E-state index contributed by atoms with van der Waals surface area (Å²) >= 11 is 0. The molecule has 0 spiro atoms. The number of alkyl halides is 3. The minimum absolute atomic E-state index is 0.0568. The number of rotatable bonds is 3. The van der Waals surface area contributed by atoms with Crippen molar-refractivity contribution in [2.75, 3.05) is 11.5 Å². The number of sulfone groups is 1. The van der Waals surface area contributed by atoms with Crippen LogP contribution in [0.3, 0.4) is 0 Å². The molecule has 0 radical (unpaired) electrons. The summed E-state index contributed by atoms with van der Waals surface area (Å²) in [4.78, 5) is 16.9. The Hall–Kier alpha value is -2.69. The second kappa shape index (κ2) is 6.43. The lowest BCUT2D eigenvalue weighted by molar-refractivity contribution is -0.137. The Kier molecular flexibility index (Phi) is 4.29. The van der Waals surface area contributed by atoms with E-state index in [2.05, 4.69) is 10.1 Å². The van der Waals surface area contributed by atoms with Crippen LogP contribution in [0, 0.1) is 0 Å². The third kappa shape index (κ3) is 3.41. The van der Waals surface area contributed by atoms with Gasteiger partial charge < -0.3 is 0 Å². The van der Waals surface area contributed by atoms with Gasteiger partial charge in [0.1, 0.15) is 11.7 Å². The van der Waals surface area contributed by atoms with Crippen LogP contribution in [0.1, 0.15) is 23.6 Å². The molecule has 1 unspecified atom stereocenters. The third-order valence-corrected chi connectivity index (χ3v) is 6.49. The molecule has 28 heavy (non-hydrogen) atoms. The molecule has 148 valence electrons. The standard InChI is InChI=1S/C17H15F3N4O3S/c18-17(19,20)12-3-1-2-11(6-12)8-23-10-21-15-14(16(23)25)7-22-24(15)13-4-5-28(26,27)9-13/h1-3,6-7,10,13H,4-5,8-9H2. The van der Waals surface area contributed by atoms with E-state index in [0.29, 0.717) is 12.0 Å². The first-order chi connectivity index (χ1) is 13.1. The molecule has 1 aromatic carbocycles. The third-order valence-electron chi connectivity index (χ3n) is 4.74. The van der Waals surface area contributed by atoms with E-state index in [4.69, 9.17) is 0 Å². The van der Waals surface area contributed by atoms with Crippen LogP contribution in [0.4, 0.5) is 13.2 Å². The molecule has 1 fully saturated rings. The van der Waals surface area contributed by atoms with Gasteiger partial charge >= 0.3 is 6.18 Å². The predicted molar refractivity (Wildman–Crippen MR) is 94.6 cm³/mol. The summed E-state index contributed by atoms with van der Waals surface area (Å²) in [6, 6.07) is 4.36. The molecule has 2 aromatic heterocycles. The monoisotopic (exact) mass is 412 g/mol. The van der Waals surface area contributed by atoms with Crippen molar-refractivity contribution in [2.45, 2.75) is 25.2 Å². The summed E-state index contributed by atoms with van der Waals surface area (Å²) in [5.74, 6) is 0.00438. The van der Waals surface area contributed by atoms with Crippen molar-refractivity contribution in [3.05, 3.63) is 58.3 Å². The van der Waals surface area contributed by atoms with Gasteiger partial charge in [-0.25, -0.2) is 18.1 Å². The zero-order chi connectivity index (χ0) is 20.1. The first-order valence-electron chi connectivity index (χ1n) is 8.43. The van der Waals surface area contributed by atoms with Crippen molar-refractivity contribution in [2.24, 2.45) is 0 Å². The molecule has 1 aliphatic heterocycles. The Morgan fingerprint density at radius 3 is 2.71 bits per heavy atom. The van der Waals surface area contributed by atoms with Gasteiger partial charge in [-0.05, 0) is 24.1 Å². The summed E-state index contributed by atoms with van der Waals surface area (Å²) in [6.07, 6.45) is -1.51. The van der Waals surface area contributed by atoms with Gasteiger partial charge in [0.2, 0.25) is 0 Å². The number of hydrogen-bond donors (Lipinski definition) is 0. The van der Waals surface area contributed by atoms with Gasteiger partial charge in [0.05, 0.1) is 35.9 Å². The molecule has 4 rings (SSSR count). The quantitative estimate of drug-likeness (QED) is 0.657. The molecule has 1 aliphatic rings. The van der Waals surface area contributed by atoms with E-state index < -0.39 is 27.1 Å². The van der Waals surface area contributed by atoms with E-state index in [-0.39, 0.29) is 35.1 Å². The number of fused-ring (bicyclic) bond motifs is 1. The van der Waals surface area contributed by atoms with Crippen LogP contribution in [-0.4, -0.2) is 39.3 Å². The second-order valence-electron chi connectivity index (χ2n) is 6.76. The minimum Gasteiger partial charge on any atom is -0.294 e. The predicted octanol–water partition coefficient (Wildman–Crippen LogP) is 2.02. The fourth-order valence-electron chi connectivity index (χ4n) is 3.36. The Bertz CT molecular complexity index is 1210.